The molecule has 8 nitrogen and oxygen atoms in total. The highest BCUT2D eigenvalue weighted by molar-refractivity contribution is 5.74. The van der Waals surface area contributed by atoms with E-state index in [4.69, 9.17) is 10.8 Å². The van der Waals surface area contributed by atoms with Crippen molar-refractivity contribution in [2.45, 2.75) is 58.5 Å². The molecule has 2 aromatic carbocycles. The average molecular weight is 543 g/mol. The zero-order valence-corrected chi connectivity index (χ0v) is 23.3. The second-order valence-corrected chi connectivity index (χ2v) is 11.3. The van der Waals surface area contributed by atoms with Crippen LogP contribution in [0.2, 0.25) is 0 Å². The van der Waals surface area contributed by atoms with Gasteiger partial charge in [0.05, 0.1) is 5.60 Å². The molecule has 3 amide bonds. The van der Waals surface area contributed by atoms with Crippen LogP contribution in [0.4, 0.5) is 14.0 Å². The Labute approximate surface area is 230 Å². The molecule has 214 valence electrons. The van der Waals surface area contributed by atoms with Crippen molar-refractivity contribution in [3.63, 3.8) is 0 Å². The van der Waals surface area contributed by atoms with E-state index in [1.807, 2.05) is 45.0 Å². The summed E-state index contributed by atoms with van der Waals surface area (Å²) >= 11 is 0. The summed E-state index contributed by atoms with van der Waals surface area (Å²) in [5.74, 6) is -0.809. The smallest absolute Gasteiger partial charge is 0.404 e. The zero-order valence-electron chi connectivity index (χ0n) is 23.3. The minimum atomic E-state index is -1.49. The van der Waals surface area contributed by atoms with Gasteiger partial charge in [-0.25, -0.2) is 14.0 Å². The van der Waals surface area contributed by atoms with E-state index in [9.17, 15) is 14.7 Å². The molecule has 0 radical (unpaired) electrons. The van der Waals surface area contributed by atoms with Crippen LogP contribution < -0.4 is 16.4 Å². The number of nitrogens with one attached hydrogen (secondary N) is 2. The number of carbonyl (C=O) groups is 2. The average Bonchev–Trinajstić information content (AvgIpc) is 2.93. The number of halogens is 1. The Morgan fingerprint density at radius 1 is 1.18 bits per heavy atom. The number of aliphatic hydroxyl groups is 1. The first-order chi connectivity index (χ1) is 18.5. The molecule has 6 N–H and O–H groups in total. The van der Waals surface area contributed by atoms with E-state index in [-0.39, 0.29) is 30.3 Å². The number of rotatable bonds is 11. The van der Waals surface area contributed by atoms with Gasteiger partial charge in [0.1, 0.15) is 5.82 Å². The lowest BCUT2D eigenvalue weighted by molar-refractivity contribution is -0.0549. The molecule has 3 rings (SSSR count). The molecule has 39 heavy (non-hydrogen) atoms. The molecular weight excluding hydrogens is 499 g/mol. The number of nitrogens with two attached hydrogens (primary N) is 1. The van der Waals surface area contributed by atoms with E-state index in [2.05, 4.69) is 10.6 Å². The number of urea groups is 1. The molecule has 0 aliphatic carbocycles. The molecule has 2 atom stereocenters. The van der Waals surface area contributed by atoms with Crippen LogP contribution >= 0.6 is 0 Å². The van der Waals surface area contributed by atoms with Gasteiger partial charge >= 0.3 is 12.1 Å². The summed E-state index contributed by atoms with van der Waals surface area (Å²) in [6.07, 6.45) is 1.53. The van der Waals surface area contributed by atoms with Crippen LogP contribution in [0.5, 0.6) is 0 Å². The van der Waals surface area contributed by atoms with Gasteiger partial charge < -0.3 is 31.5 Å². The molecule has 1 aliphatic rings. The summed E-state index contributed by atoms with van der Waals surface area (Å²) in [4.78, 5) is 25.8. The molecule has 0 aromatic heterocycles. The first kappa shape index (κ1) is 30.4. The quantitative estimate of drug-likeness (QED) is 0.263. The lowest BCUT2D eigenvalue weighted by Gasteiger charge is -2.43. The molecule has 1 saturated heterocycles. The first-order valence-corrected chi connectivity index (χ1v) is 13.8. The second kappa shape index (κ2) is 13.3. The van der Waals surface area contributed by atoms with Crippen molar-refractivity contribution in [2.24, 2.45) is 17.1 Å². The Kier molecular flexibility index (Phi) is 10.3. The largest absolute Gasteiger partial charge is 0.465 e. The van der Waals surface area contributed by atoms with Gasteiger partial charge in [-0.05, 0) is 66.8 Å². The number of hydrogen-bond donors (Lipinski definition) is 5. The van der Waals surface area contributed by atoms with Crippen molar-refractivity contribution in [1.29, 1.82) is 0 Å². The van der Waals surface area contributed by atoms with Crippen LogP contribution in [-0.4, -0.2) is 60.0 Å². The number of aryl methyl sites for hydroxylation is 1. The van der Waals surface area contributed by atoms with Gasteiger partial charge in [-0.15, -0.1) is 0 Å². The van der Waals surface area contributed by atoms with E-state index in [0.29, 0.717) is 62.1 Å². The topological polar surface area (TPSA) is 128 Å². The number of nitrogens with zero attached hydrogens (tertiary/aromatic N) is 1. The normalized spacial score (nSPS) is 17.4. The van der Waals surface area contributed by atoms with Crippen molar-refractivity contribution in [3.8, 4) is 11.1 Å². The summed E-state index contributed by atoms with van der Waals surface area (Å²) in [6, 6.07) is 12.2. The third-order valence-electron chi connectivity index (χ3n) is 7.77. The van der Waals surface area contributed by atoms with Crippen molar-refractivity contribution in [1.82, 2.24) is 15.5 Å². The Morgan fingerprint density at radius 2 is 1.92 bits per heavy atom. The van der Waals surface area contributed by atoms with Crippen LogP contribution in [0.3, 0.4) is 0 Å². The molecule has 0 unspecified atom stereocenters. The molecule has 0 bridgehead atoms. The number of benzene rings is 2. The lowest BCUT2D eigenvalue weighted by atomic mass is 9.72. The van der Waals surface area contributed by atoms with Gasteiger partial charge in [-0.2, -0.15) is 0 Å². The van der Waals surface area contributed by atoms with E-state index >= 15 is 4.39 Å². The minimum Gasteiger partial charge on any atom is -0.465 e. The van der Waals surface area contributed by atoms with Gasteiger partial charge in [0.25, 0.3) is 0 Å². The highest BCUT2D eigenvalue weighted by Gasteiger charge is 2.43. The van der Waals surface area contributed by atoms with Crippen molar-refractivity contribution in [2.75, 3.05) is 32.7 Å². The molecule has 2 aromatic rings. The summed E-state index contributed by atoms with van der Waals surface area (Å²) < 4.78 is 15.5. The van der Waals surface area contributed by atoms with Crippen LogP contribution in [-0.2, 0) is 12.0 Å². The van der Waals surface area contributed by atoms with Gasteiger partial charge in [-0.3, -0.25) is 0 Å². The van der Waals surface area contributed by atoms with E-state index in [1.54, 1.807) is 17.0 Å². The third-order valence-corrected chi connectivity index (χ3v) is 7.77. The maximum atomic E-state index is 15.5. The SMILES string of the molecule is CCc1cccc(-c2c(F)cccc2[C@](O)(CCCNC(=O)O)[C@@H]2CCCN(C(=O)NCC(C)(C)CN)C2)c1. The predicted octanol–water partition coefficient (Wildman–Crippen LogP) is 4.70. The van der Waals surface area contributed by atoms with Crippen molar-refractivity contribution in [3.05, 3.63) is 59.4 Å². The molecule has 1 aliphatic heterocycles. The van der Waals surface area contributed by atoms with Crippen molar-refractivity contribution < 1.29 is 24.2 Å². The van der Waals surface area contributed by atoms with E-state index < -0.39 is 17.5 Å². The van der Waals surface area contributed by atoms with Gasteiger partial charge in [-0.1, -0.05) is 57.2 Å². The van der Waals surface area contributed by atoms with Crippen LogP contribution in [0.1, 0.15) is 57.6 Å². The third kappa shape index (κ3) is 7.70. The summed E-state index contributed by atoms with van der Waals surface area (Å²) in [7, 11) is 0. The molecule has 9 heteroatoms. The van der Waals surface area contributed by atoms with Crippen LogP contribution in [0.15, 0.2) is 42.5 Å². The Bertz CT molecular complexity index is 1140. The zero-order chi connectivity index (χ0) is 28.6. The predicted molar refractivity (Wildman–Crippen MR) is 151 cm³/mol. The number of piperidine rings is 1. The van der Waals surface area contributed by atoms with Gasteiger partial charge in [0.2, 0.25) is 0 Å². The standard InChI is InChI=1S/C30H43FN4O4/c1-4-21-9-5-10-22(17-21)26-24(12-6-13-25(26)31)30(39,14-8-15-33-28(37)38)23-11-7-16-35(18-23)27(36)34-20-29(2,3)19-32/h5-6,9-10,12-13,17,23,33,39H,4,7-8,11,14-16,18-20,32H2,1-3H3,(H,34,36)(H,37,38)/t23-,30+/m1/s1. The fourth-order valence-electron chi connectivity index (χ4n) is 5.29. The number of likely N-dealkylation sites (tertiary alicyclic amines) is 1. The highest BCUT2D eigenvalue weighted by atomic mass is 19.1. The van der Waals surface area contributed by atoms with Crippen molar-refractivity contribution >= 4 is 12.1 Å². The summed E-state index contributed by atoms with van der Waals surface area (Å²) in [6.45, 7) is 7.85. The molecule has 1 fully saturated rings. The maximum absolute atomic E-state index is 15.5. The van der Waals surface area contributed by atoms with E-state index in [0.717, 1.165) is 12.0 Å². The van der Waals surface area contributed by atoms with Gasteiger partial charge in [0, 0.05) is 37.7 Å². The summed E-state index contributed by atoms with van der Waals surface area (Å²) in [5, 5.41) is 26.8. The second-order valence-electron chi connectivity index (χ2n) is 11.3. The Hall–Kier alpha value is -3.17. The maximum Gasteiger partial charge on any atom is 0.404 e. The van der Waals surface area contributed by atoms with Gasteiger partial charge in [0.15, 0.2) is 0 Å². The Morgan fingerprint density at radius 3 is 2.62 bits per heavy atom. The molecule has 0 spiro atoms. The fraction of sp³-hybridized carbons (Fsp3) is 0.533. The number of hydrogen-bond acceptors (Lipinski definition) is 4. The molecule has 0 saturated carbocycles. The Balaban J connectivity index is 1.98. The van der Waals surface area contributed by atoms with Crippen LogP contribution in [0, 0.1) is 17.2 Å². The highest BCUT2D eigenvalue weighted by Crippen LogP contribution is 2.44. The summed E-state index contributed by atoms with van der Waals surface area (Å²) in [5.41, 5.74) is 6.61. The number of carbonyl (C=O) groups excluding carboxylic acids is 1. The van der Waals surface area contributed by atoms with Crippen LogP contribution in [0.25, 0.3) is 11.1 Å². The lowest BCUT2D eigenvalue weighted by Crippen LogP contribution is -2.52. The monoisotopic (exact) mass is 542 g/mol. The minimum absolute atomic E-state index is 0.151. The fourth-order valence-corrected chi connectivity index (χ4v) is 5.29. The molecular formula is C30H43FN4O4. The number of amides is 3. The molecule has 1 heterocycles. The van der Waals surface area contributed by atoms with E-state index in [1.165, 1.54) is 6.07 Å². The first-order valence-electron chi connectivity index (χ1n) is 13.8. The number of carboxylic acid groups (broad SMARTS) is 1.